The first-order valence-electron chi connectivity index (χ1n) is 13.9. The molecular weight excluding hydrogens is 537 g/mol. The molecule has 0 radical (unpaired) electrons. The maximum atomic E-state index is 13.0. The summed E-state index contributed by atoms with van der Waals surface area (Å²) in [5, 5.41) is 1.21. The summed E-state index contributed by atoms with van der Waals surface area (Å²) in [4.78, 5) is 31.7. The first kappa shape index (κ1) is 29.6. The fourth-order valence-corrected chi connectivity index (χ4v) is 5.57. The number of rotatable bonds is 12. The highest BCUT2D eigenvalue weighted by molar-refractivity contribution is 6.43. The van der Waals surface area contributed by atoms with Gasteiger partial charge in [0, 0.05) is 38.7 Å². The van der Waals surface area contributed by atoms with Gasteiger partial charge in [0.05, 0.1) is 34.1 Å². The number of hydrogen-bond donors (Lipinski definition) is 2. The van der Waals surface area contributed by atoms with E-state index in [4.69, 9.17) is 39.4 Å². The van der Waals surface area contributed by atoms with Crippen molar-refractivity contribution in [3.8, 4) is 5.75 Å². The summed E-state index contributed by atoms with van der Waals surface area (Å²) < 4.78 is 6.02. The predicted molar refractivity (Wildman–Crippen MR) is 158 cm³/mol. The quantitative estimate of drug-likeness (QED) is 0.365. The number of hydrogen-bond acceptors (Lipinski definition) is 7. The fraction of sp³-hybridized carbons (Fsp3) is 0.517. The first-order valence-corrected chi connectivity index (χ1v) is 14.6. The highest BCUT2D eigenvalue weighted by Crippen LogP contribution is 2.34. The van der Waals surface area contributed by atoms with E-state index in [1.165, 1.54) is 4.90 Å². The maximum Gasteiger partial charge on any atom is 0.250 e. The van der Waals surface area contributed by atoms with Gasteiger partial charge in [-0.05, 0) is 69.0 Å². The van der Waals surface area contributed by atoms with E-state index in [-0.39, 0.29) is 11.8 Å². The fourth-order valence-electron chi connectivity index (χ4n) is 5.16. The van der Waals surface area contributed by atoms with Gasteiger partial charge in [-0.25, -0.2) is 4.90 Å². The van der Waals surface area contributed by atoms with Crippen LogP contribution in [-0.4, -0.2) is 68.6 Å². The van der Waals surface area contributed by atoms with E-state index in [0.717, 1.165) is 69.7 Å². The Morgan fingerprint density at radius 2 is 1.77 bits per heavy atom. The number of unbranched alkanes of at least 4 members (excludes halogenated alkanes) is 2. The van der Waals surface area contributed by atoms with Crippen LogP contribution >= 0.6 is 23.2 Å². The molecule has 8 nitrogen and oxygen atoms in total. The van der Waals surface area contributed by atoms with Gasteiger partial charge in [-0.2, -0.15) is 0 Å². The van der Waals surface area contributed by atoms with Crippen molar-refractivity contribution >= 4 is 46.4 Å². The zero-order valence-electron chi connectivity index (χ0n) is 22.4. The number of nitrogens with zero attached hydrogens (tertiary/aromatic N) is 3. The first-order chi connectivity index (χ1) is 18.9. The summed E-state index contributed by atoms with van der Waals surface area (Å²) in [6.07, 6.45) is 4.90. The Morgan fingerprint density at radius 3 is 2.54 bits per heavy atom. The Labute approximate surface area is 241 Å². The minimum absolute atomic E-state index is 0.211. The number of benzene rings is 2. The highest BCUT2D eigenvalue weighted by Gasteiger charge is 2.32. The number of carbonyl (C=O) groups is 2. The molecule has 0 spiro atoms. The molecule has 1 unspecified atom stereocenters. The van der Waals surface area contributed by atoms with E-state index in [0.29, 0.717) is 53.9 Å². The van der Waals surface area contributed by atoms with Crippen LogP contribution in [0.25, 0.3) is 0 Å². The molecule has 0 aromatic heterocycles. The SMILES string of the molecule is NCCCCC(N)C(=O)N1C(=O)CCc2ccc(OCCCCN3CCN(c4cccc(Cl)c4Cl)CC3)cc21. The summed E-state index contributed by atoms with van der Waals surface area (Å²) in [6, 6.07) is 10.7. The molecule has 2 amide bonds. The third kappa shape index (κ3) is 7.64. The Kier molecular flexibility index (Phi) is 10.9. The van der Waals surface area contributed by atoms with Crippen LogP contribution in [-0.2, 0) is 16.0 Å². The second-order valence-corrected chi connectivity index (χ2v) is 11.0. The standard InChI is InChI=1S/C29H39Cl2N5O3/c30-23-6-5-8-25(28(23)31)35-17-15-34(16-18-35)14-3-4-19-39-22-11-9-21-10-12-27(37)36(26(21)20-22)29(38)24(33)7-1-2-13-32/h5-6,8-9,11,20,24H,1-4,7,10,12-19,32-33H2. The number of piperazine rings is 1. The van der Waals surface area contributed by atoms with Gasteiger partial charge in [-0.1, -0.05) is 41.8 Å². The average molecular weight is 577 g/mol. The Morgan fingerprint density at radius 1 is 0.974 bits per heavy atom. The number of nitrogens with two attached hydrogens (primary N) is 2. The molecule has 4 N–H and O–H groups in total. The van der Waals surface area contributed by atoms with Crippen LogP contribution in [0.4, 0.5) is 11.4 Å². The molecule has 39 heavy (non-hydrogen) atoms. The van der Waals surface area contributed by atoms with Crippen molar-refractivity contribution in [1.82, 2.24) is 4.90 Å². The number of fused-ring (bicyclic) bond motifs is 1. The van der Waals surface area contributed by atoms with Crippen molar-refractivity contribution in [3.05, 3.63) is 52.0 Å². The average Bonchev–Trinajstić information content (AvgIpc) is 2.94. The molecule has 1 fully saturated rings. The summed E-state index contributed by atoms with van der Waals surface area (Å²) in [6.45, 7) is 5.90. The Hall–Kier alpha value is -2.36. The minimum Gasteiger partial charge on any atom is -0.494 e. The number of carbonyl (C=O) groups excluding carboxylic acids is 2. The van der Waals surface area contributed by atoms with Crippen molar-refractivity contribution in [3.63, 3.8) is 0 Å². The van der Waals surface area contributed by atoms with Crippen molar-refractivity contribution in [2.45, 2.75) is 51.0 Å². The van der Waals surface area contributed by atoms with Crippen molar-refractivity contribution in [2.75, 3.05) is 55.7 Å². The largest absolute Gasteiger partial charge is 0.494 e. The molecule has 2 aromatic rings. The number of ether oxygens (including phenoxy) is 1. The zero-order valence-corrected chi connectivity index (χ0v) is 23.9. The molecule has 2 aromatic carbocycles. The van der Waals surface area contributed by atoms with Gasteiger partial charge in [0.1, 0.15) is 5.75 Å². The molecule has 2 heterocycles. The maximum absolute atomic E-state index is 13.0. The van der Waals surface area contributed by atoms with Crippen molar-refractivity contribution in [1.29, 1.82) is 0 Å². The van der Waals surface area contributed by atoms with Crippen LogP contribution < -0.4 is 26.0 Å². The molecule has 0 aliphatic carbocycles. The molecule has 0 saturated carbocycles. The topological polar surface area (TPSA) is 105 Å². The van der Waals surface area contributed by atoms with Gasteiger partial charge < -0.3 is 21.1 Å². The lowest BCUT2D eigenvalue weighted by atomic mass is 9.99. The molecule has 212 valence electrons. The highest BCUT2D eigenvalue weighted by atomic mass is 35.5. The second-order valence-electron chi connectivity index (χ2n) is 10.2. The number of imide groups is 1. The normalized spacial score (nSPS) is 16.8. The molecule has 10 heteroatoms. The van der Waals surface area contributed by atoms with E-state index < -0.39 is 6.04 Å². The Balaban J connectivity index is 1.23. The van der Waals surface area contributed by atoms with Crippen LogP contribution in [0.5, 0.6) is 5.75 Å². The smallest absolute Gasteiger partial charge is 0.250 e. The van der Waals surface area contributed by atoms with Crippen LogP contribution in [0, 0.1) is 0 Å². The molecule has 2 aliphatic heterocycles. The van der Waals surface area contributed by atoms with Gasteiger partial charge in [-0.15, -0.1) is 0 Å². The molecule has 1 atom stereocenters. The number of halogens is 2. The third-order valence-electron chi connectivity index (χ3n) is 7.44. The monoisotopic (exact) mass is 575 g/mol. The van der Waals surface area contributed by atoms with Crippen molar-refractivity contribution < 1.29 is 14.3 Å². The number of anilines is 2. The zero-order chi connectivity index (χ0) is 27.8. The summed E-state index contributed by atoms with van der Waals surface area (Å²) in [5.41, 5.74) is 14.2. The van der Waals surface area contributed by atoms with Gasteiger partial charge in [-0.3, -0.25) is 14.5 Å². The van der Waals surface area contributed by atoms with Crippen LogP contribution in [0.15, 0.2) is 36.4 Å². The lowest BCUT2D eigenvalue weighted by Crippen LogP contribution is -2.48. The Bertz CT molecular complexity index is 1140. The van der Waals surface area contributed by atoms with Gasteiger partial charge in [0.15, 0.2) is 0 Å². The molecule has 4 rings (SSSR count). The van der Waals surface area contributed by atoms with Crippen molar-refractivity contribution in [2.24, 2.45) is 11.5 Å². The lowest BCUT2D eigenvalue weighted by molar-refractivity contribution is -0.127. The van der Waals surface area contributed by atoms with Crippen LogP contribution in [0.3, 0.4) is 0 Å². The minimum atomic E-state index is -0.722. The van der Waals surface area contributed by atoms with E-state index >= 15 is 0 Å². The van der Waals surface area contributed by atoms with Crippen LogP contribution in [0.2, 0.25) is 10.0 Å². The van der Waals surface area contributed by atoms with E-state index in [9.17, 15) is 9.59 Å². The summed E-state index contributed by atoms with van der Waals surface area (Å²) >= 11 is 12.6. The molecule has 0 bridgehead atoms. The lowest BCUT2D eigenvalue weighted by Gasteiger charge is -2.36. The van der Waals surface area contributed by atoms with Gasteiger partial charge in [0.25, 0.3) is 5.91 Å². The number of aryl methyl sites for hydroxylation is 1. The predicted octanol–water partition coefficient (Wildman–Crippen LogP) is 4.24. The van der Waals surface area contributed by atoms with E-state index in [1.807, 2.05) is 30.3 Å². The van der Waals surface area contributed by atoms with E-state index in [1.54, 1.807) is 6.07 Å². The van der Waals surface area contributed by atoms with Gasteiger partial charge in [0.2, 0.25) is 5.91 Å². The second kappa shape index (κ2) is 14.3. The summed E-state index contributed by atoms with van der Waals surface area (Å²) in [7, 11) is 0. The van der Waals surface area contributed by atoms with E-state index in [2.05, 4.69) is 9.80 Å². The van der Waals surface area contributed by atoms with Gasteiger partial charge >= 0.3 is 0 Å². The number of amides is 2. The summed E-state index contributed by atoms with van der Waals surface area (Å²) in [5.74, 6) is 0.0921. The third-order valence-corrected chi connectivity index (χ3v) is 8.25. The molecule has 1 saturated heterocycles. The molecule has 2 aliphatic rings. The van der Waals surface area contributed by atoms with Crippen LogP contribution in [0.1, 0.15) is 44.1 Å². The molecular formula is C29H39Cl2N5O3.